The number of likely N-dealkylation sites (tertiary alicyclic amines) is 1. The zero-order chi connectivity index (χ0) is 23.7. The van der Waals surface area contributed by atoms with Crippen LogP contribution in [0, 0.1) is 0 Å². The Morgan fingerprint density at radius 3 is 2.65 bits per heavy atom. The number of furan rings is 1. The summed E-state index contributed by atoms with van der Waals surface area (Å²) < 4.78 is 5.38. The van der Waals surface area contributed by atoms with Crippen molar-refractivity contribution in [2.75, 3.05) is 36.0 Å². The van der Waals surface area contributed by atoms with Crippen molar-refractivity contribution in [1.29, 1.82) is 0 Å². The fraction of sp³-hybridized carbons (Fsp3) is 0.500. The number of rotatable bonds is 6. The van der Waals surface area contributed by atoms with Crippen LogP contribution in [0.5, 0.6) is 0 Å². The quantitative estimate of drug-likeness (QED) is 0.710. The highest BCUT2D eigenvalue weighted by molar-refractivity contribution is 6.09. The Labute approximate surface area is 199 Å². The van der Waals surface area contributed by atoms with Gasteiger partial charge in [0, 0.05) is 37.7 Å². The van der Waals surface area contributed by atoms with Crippen LogP contribution in [0.4, 0.5) is 11.4 Å². The summed E-state index contributed by atoms with van der Waals surface area (Å²) in [5.41, 5.74) is 2.15. The number of nitrogens with one attached hydrogen (secondary N) is 1. The van der Waals surface area contributed by atoms with Crippen LogP contribution in [-0.2, 0) is 16.0 Å². The van der Waals surface area contributed by atoms with Crippen LogP contribution in [0.15, 0.2) is 41.0 Å². The first-order valence-electron chi connectivity index (χ1n) is 12.3. The number of fused-ring (bicyclic) bond motifs is 3. The lowest BCUT2D eigenvalue weighted by Gasteiger charge is -2.45. The summed E-state index contributed by atoms with van der Waals surface area (Å²) >= 11 is 0. The van der Waals surface area contributed by atoms with E-state index in [9.17, 15) is 14.4 Å². The van der Waals surface area contributed by atoms with Crippen LogP contribution < -0.4 is 15.1 Å². The van der Waals surface area contributed by atoms with Gasteiger partial charge in [0.15, 0.2) is 0 Å². The van der Waals surface area contributed by atoms with Gasteiger partial charge in [0.25, 0.3) is 5.91 Å². The molecule has 0 spiro atoms. The van der Waals surface area contributed by atoms with Crippen molar-refractivity contribution in [3.63, 3.8) is 0 Å². The van der Waals surface area contributed by atoms with E-state index in [1.807, 2.05) is 36.1 Å². The molecule has 34 heavy (non-hydrogen) atoms. The van der Waals surface area contributed by atoms with Crippen LogP contribution in [-0.4, -0.2) is 60.9 Å². The number of carbonyl (C=O) groups is 3. The maximum absolute atomic E-state index is 13.5. The van der Waals surface area contributed by atoms with Crippen LogP contribution in [0.2, 0.25) is 0 Å². The number of piperidine rings is 1. The van der Waals surface area contributed by atoms with Gasteiger partial charge < -0.3 is 19.5 Å². The molecule has 2 atom stereocenters. The molecular formula is C26H32N4O4. The average molecular weight is 465 g/mol. The Hall–Kier alpha value is -3.29. The summed E-state index contributed by atoms with van der Waals surface area (Å²) in [5, 5.41) is 2.99. The second kappa shape index (κ2) is 9.52. The minimum atomic E-state index is -0.255. The van der Waals surface area contributed by atoms with E-state index in [0.717, 1.165) is 63.2 Å². The fourth-order valence-corrected chi connectivity index (χ4v) is 5.40. The van der Waals surface area contributed by atoms with Crippen molar-refractivity contribution in [2.45, 2.75) is 57.5 Å². The molecule has 1 N–H and O–H groups in total. The molecule has 0 saturated carbocycles. The third kappa shape index (κ3) is 4.41. The van der Waals surface area contributed by atoms with Gasteiger partial charge in [0.05, 0.1) is 17.6 Å². The topological polar surface area (TPSA) is 86.1 Å². The molecular weight excluding hydrogens is 432 g/mol. The Balaban J connectivity index is 1.39. The summed E-state index contributed by atoms with van der Waals surface area (Å²) in [4.78, 5) is 45.1. The third-order valence-electron chi connectivity index (χ3n) is 7.07. The van der Waals surface area contributed by atoms with Gasteiger partial charge in [-0.15, -0.1) is 0 Å². The number of carbonyl (C=O) groups excluding carboxylic acids is 3. The van der Waals surface area contributed by atoms with E-state index < -0.39 is 0 Å². The predicted octanol–water partition coefficient (Wildman–Crippen LogP) is 2.97. The normalized spacial score (nSPS) is 20.7. The SMILES string of the molecule is C[C@H](Cc1ccco1)NC(=O)CN1C(=O)[C@@H]2CCCCN2c2ccc(C(=O)N3CCCC3)cc21. The van der Waals surface area contributed by atoms with Crippen molar-refractivity contribution in [3.05, 3.63) is 47.9 Å². The second-order valence-corrected chi connectivity index (χ2v) is 9.58. The number of nitrogens with zero attached hydrogens (tertiary/aromatic N) is 3. The molecule has 5 rings (SSSR count). The van der Waals surface area contributed by atoms with Crippen LogP contribution in [0.3, 0.4) is 0 Å². The van der Waals surface area contributed by atoms with Gasteiger partial charge in [-0.2, -0.15) is 0 Å². The Bertz CT molecular complexity index is 1060. The summed E-state index contributed by atoms with van der Waals surface area (Å²) in [6, 6.07) is 8.94. The maximum Gasteiger partial charge on any atom is 0.253 e. The van der Waals surface area contributed by atoms with Gasteiger partial charge in [0.2, 0.25) is 11.8 Å². The number of amides is 3. The predicted molar refractivity (Wildman–Crippen MR) is 129 cm³/mol. The lowest BCUT2D eigenvalue weighted by atomic mass is 9.95. The summed E-state index contributed by atoms with van der Waals surface area (Å²) in [6.07, 6.45) is 7.04. The molecule has 2 fully saturated rings. The zero-order valence-corrected chi connectivity index (χ0v) is 19.7. The molecule has 0 aliphatic carbocycles. The molecule has 0 bridgehead atoms. The van der Waals surface area contributed by atoms with Gasteiger partial charge in [-0.05, 0) is 69.4 Å². The lowest BCUT2D eigenvalue weighted by Crippen LogP contribution is -2.57. The molecule has 1 aromatic heterocycles. The minimum absolute atomic E-state index is 0.00927. The number of benzene rings is 1. The van der Waals surface area contributed by atoms with E-state index in [1.54, 1.807) is 17.2 Å². The van der Waals surface area contributed by atoms with Gasteiger partial charge in [-0.25, -0.2) is 0 Å². The van der Waals surface area contributed by atoms with E-state index in [2.05, 4.69) is 10.2 Å². The largest absolute Gasteiger partial charge is 0.469 e. The van der Waals surface area contributed by atoms with Gasteiger partial charge in [-0.3, -0.25) is 19.3 Å². The number of anilines is 2. The lowest BCUT2D eigenvalue weighted by molar-refractivity contribution is -0.125. The van der Waals surface area contributed by atoms with Crippen LogP contribution in [0.25, 0.3) is 0 Å². The Morgan fingerprint density at radius 2 is 1.88 bits per heavy atom. The average Bonchev–Trinajstić information content (AvgIpc) is 3.55. The first-order valence-corrected chi connectivity index (χ1v) is 12.3. The Morgan fingerprint density at radius 1 is 1.09 bits per heavy atom. The molecule has 3 aliphatic rings. The van der Waals surface area contributed by atoms with E-state index >= 15 is 0 Å². The molecule has 0 unspecified atom stereocenters. The number of hydrogen-bond donors (Lipinski definition) is 1. The molecule has 0 radical (unpaired) electrons. The van der Waals surface area contributed by atoms with E-state index in [0.29, 0.717) is 17.7 Å². The van der Waals surface area contributed by atoms with Gasteiger partial charge in [-0.1, -0.05) is 0 Å². The summed E-state index contributed by atoms with van der Waals surface area (Å²) in [6.45, 7) is 4.19. The monoisotopic (exact) mass is 464 g/mol. The Kier molecular flexibility index (Phi) is 6.30. The molecule has 3 amide bonds. The first-order chi connectivity index (χ1) is 16.5. The molecule has 8 heteroatoms. The molecule has 4 heterocycles. The standard InChI is InChI=1S/C26H32N4O4/c1-18(15-20-7-6-14-34-20)27-24(31)17-30-23-16-19(25(32)28-11-4-5-12-28)9-10-21(23)29-13-3-2-8-22(29)26(30)33/h6-7,9-10,14,16,18,22H,2-5,8,11-13,15,17H2,1H3,(H,27,31)/t18-,22+/m1/s1. The highest BCUT2D eigenvalue weighted by Crippen LogP contribution is 2.40. The van der Waals surface area contributed by atoms with Crippen LogP contribution >= 0.6 is 0 Å². The number of hydrogen-bond acceptors (Lipinski definition) is 5. The zero-order valence-electron chi connectivity index (χ0n) is 19.7. The smallest absolute Gasteiger partial charge is 0.253 e. The summed E-state index contributed by atoms with van der Waals surface area (Å²) in [5.74, 6) is 0.505. The van der Waals surface area contributed by atoms with Crippen molar-refractivity contribution < 1.29 is 18.8 Å². The fourth-order valence-electron chi connectivity index (χ4n) is 5.40. The molecule has 8 nitrogen and oxygen atoms in total. The van der Waals surface area contributed by atoms with E-state index in [-0.39, 0.29) is 36.3 Å². The van der Waals surface area contributed by atoms with Crippen molar-refractivity contribution in [1.82, 2.24) is 10.2 Å². The first kappa shape index (κ1) is 22.5. The van der Waals surface area contributed by atoms with Gasteiger partial charge >= 0.3 is 0 Å². The maximum atomic E-state index is 13.5. The van der Waals surface area contributed by atoms with Crippen LogP contribution in [0.1, 0.15) is 55.1 Å². The van der Waals surface area contributed by atoms with Crippen molar-refractivity contribution in [3.8, 4) is 0 Å². The summed E-state index contributed by atoms with van der Waals surface area (Å²) in [7, 11) is 0. The highest BCUT2D eigenvalue weighted by Gasteiger charge is 2.40. The molecule has 2 saturated heterocycles. The van der Waals surface area contributed by atoms with Crippen molar-refractivity contribution >= 4 is 29.1 Å². The van der Waals surface area contributed by atoms with Crippen molar-refractivity contribution in [2.24, 2.45) is 0 Å². The van der Waals surface area contributed by atoms with Gasteiger partial charge in [0.1, 0.15) is 18.3 Å². The third-order valence-corrected chi connectivity index (χ3v) is 7.07. The second-order valence-electron chi connectivity index (χ2n) is 9.58. The molecule has 2 aromatic rings. The van der Waals surface area contributed by atoms with E-state index in [4.69, 9.17) is 4.42 Å². The highest BCUT2D eigenvalue weighted by atomic mass is 16.3. The molecule has 180 valence electrons. The minimum Gasteiger partial charge on any atom is -0.469 e. The van der Waals surface area contributed by atoms with E-state index in [1.165, 1.54) is 0 Å². The molecule has 3 aliphatic heterocycles. The molecule has 1 aromatic carbocycles.